The number of thiophene rings is 1. The Morgan fingerprint density at radius 1 is 1.10 bits per heavy atom. The van der Waals surface area contributed by atoms with E-state index in [1.807, 2.05) is 60.8 Å². The minimum atomic E-state index is -0.0936. The maximum Gasteiger partial charge on any atom is 0.259 e. The van der Waals surface area contributed by atoms with Crippen molar-refractivity contribution in [2.24, 2.45) is 0 Å². The highest BCUT2D eigenvalue weighted by atomic mass is 32.1. The van der Waals surface area contributed by atoms with Crippen molar-refractivity contribution in [2.75, 3.05) is 18.6 Å². The second kappa shape index (κ2) is 9.00. The molecule has 7 heteroatoms. The Balaban J connectivity index is 1.55. The lowest BCUT2D eigenvalue weighted by Crippen LogP contribution is -2.26. The van der Waals surface area contributed by atoms with Crippen LogP contribution in [0, 0.1) is 0 Å². The Morgan fingerprint density at radius 2 is 2.00 bits per heavy atom. The number of methoxy groups -OCH3 is 1. The first-order valence-corrected chi connectivity index (χ1v) is 10.6. The monoisotopic (exact) mass is 421 g/mol. The Morgan fingerprint density at radius 3 is 2.77 bits per heavy atom. The zero-order valence-electron chi connectivity index (χ0n) is 16.9. The van der Waals surface area contributed by atoms with Crippen LogP contribution in [0.4, 0.5) is 5.82 Å². The molecule has 0 atom stereocenters. The lowest BCUT2D eigenvalue weighted by molar-refractivity contribution is 0.287. The predicted octanol–water partition coefficient (Wildman–Crippen LogP) is 4.37. The van der Waals surface area contributed by atoms with Gasteiger partial charge in [0.15, 0.2) is 11.5 Å². The van der Waals surface area contributed by atoms with Crippen molar-refractivity contribution in [1.29, 1.82) is 0 Å². The number of pyridine rings is 1. The Hall–Kier alpha value is -3.32. The molecule has 0 saturated carbocycles. The van der Waals surface area contributed by atoms with Crippen LogP contribution in [0.15, 0.2) is 71.0 Å². The molecule has 0 aliphatic carbocycles. The van der Waals surface area contributed by atoms with Crippen molar-refractivity contribution in [1.82, 2.24) is 9.38 Å². The molecule has 0 aliphatic rings. The number of ether oxygens (including phenoxy) is 2. The molecular formula is C23H23N3O3S. The molecule has 0 unspecified atom stereocenters. The third-order valence-corrected chi connectivity index (χ3v) is 5.66. The average molecular weight is 422 g/mol. The van der Waals surface area contributed by atoms with Gasteiger partial charge in [-0.05, 0) is 48.2 Å². The van der Waals surface area contributed by atoms with Gasteiger partial charge in [0.05, 0.1) is 7.11 Å². The molecule has 0 N–H and O–H groups in total. The van der Waals surface area contributed by atoms with Gasteiger partial charge < -0.3 is 14.4 Å². The summed E-state index contributed by atoms with van der Waals surface area (Å²) < 4.78 is 13.0. The molecule has 154 valence electrons. The normalized spacial score (nSPS) is 10.9. The SMILES string of the molecule is CCN(Cc1ccc(OCc2cccs2)c(OC)c1)c1cc(=O)n2ccccc2n1. The molecule has 0 bridgehead atoms. The molecule has 0 radical (unpaired) electrons. The van der Waals surface area contributed by atoms with E-state index in [4.69, 9.17) is 9.47 Å². The number of benzene rings is 1. The van der Waals surface area contributed by atoms with Crippen LogP contribution in [0.25, 0.3) is 5.65 Å². The van der Waals surface area contributed by atoms with E-state index < -0.39 is 0 Å². The van der Waals surface area contributed by atoms with Gasteiger partial charge >= 0.3 is 0 Å². The summed E-state index contributed by atoms with van der Waals surface area (Å²) in [5.41, 5.74) is 1.59. The lowest BCUT2D eigenvalue weighted by atomic mass is 10.2. The van der Waals surface area contributed by atoms with E-state index in [2.05, 4.69) is 9.88 Å². The zero-order chi connectivity index (χ0) is 20.9. The van der Waals surface area contributed by atoms with E-state index in [1.165, 1.54) is 0 Å². The highest BCUT2D eigenvalue weighted by molar-refractivity contribution is 7.09. The van der Waals surface area contributed by atoms with Crippen molar-refractivity contribution in [3.05, 3.63) is 87.0 Å². The molecule has 0 aliphatic heterocycles. The molecule has 0 spiro atoms. The van der Waals surface area contributed by atoms with Gasteiger partial charge in [-0.2, -0.15) is 0 Å². The standard InChI is InChI=1S/C23H23N3O3S/c1-3-25(22-14-23(27)26-11-5-4-8-21(26)24-22)15-17-9-10-19(20(13-17)28-2)29-16-18-7-6-12-30-18/h4-14H,3,15-16H2,1-2H3. The van der Waals surface area contributed by atoms with Gasteiger partial charge in [-0.25, -0.2) is 4.98 Å². The van der Waals surface area contributed by atoms with E-state index >= 15 is 0 Å². The first-order valence-electron chi connectivity index (χ1n) is 9.73. The first kappa shape index (κ1) is 20.0. The van der Waals surface area contributed by atoms with Crippen molar-refractivity contribution in [2.45, 2.75) is 20.1 Å². The van der Waals surface area contributed by atoms with Crippen LogP contribution >= 0.6 is 11.3 Å². The van der Waals surface area contributed by atoms with E-state index in [-0.39, 0.29) is 5.56 Å². The Labute approximate surface area is 179 Å². The number of nitrogens with zero attached hydrogens (tertiary/aromatic N) is 3. The number of aromatic nitrogens is 2. The van der Waals surface area contributed by atoms with E-state index in [9.17, 15) is 4.79 Å². The summed E-state index contributed by atoms with van der Waals surface area (Å²) in [5.74, 6) is 2.05. The molecule has 4 rings (SSSR count). The molecular weight excluding hydrogens is 398 g/mol. The molecule has 30 heavy (non-hydrogen) atoms. The maximum atomic E-state index is 12.4. The average Bonchev–Trinajstić information content (AvgIpc) is 3.30. The smallest absolute Gasteiger partial charge is 0.259 e. The van der Waals surface area contributed by atoms with Crippen molar-refractivity contribution >= 4 is 22.8 Å². The fraction of sp³-hybridized carbons (Fsp3) is 0.217. The van der Waals surface area contributed by atoms with Gasteiger partial charge in [0.25, 0.3) is 5.56 Å². The Bertz CT molecular complexity index is 1190. The summed E-state index contributed by atoms with van der Waals surface area (Å²) in [6.07, 6.45) is 1.73. The number of fused-ring (bicyclic) bond motifs is 1. The minimum Gasteiger partial charge on any atom is -0.493 e. The van der Waals surface area contributed by atoms with Gasteiger partial charge in [0, 0.05) is 30.2 Å². The molecule has 3 heterocycles. The summed E-state index contributed by atoms with van der Waals surface area (Å²) in [4.78, 5) is 20.3. The van der Waals surface area contributed by atoms with Crippen LogP contribution in [0.5, 0.6) is 11.5 Å². The maximum absolute atomic E-state index is 12.4. The molecule has 3 aromatic heterocycles. The van der Waals surface area contributed by atoms with Gasteiger partial charge in [-0.15, -0.1) is 11.3 Å². The van der Waals surface area contributed by atoms with Crippen LogP contribution in [0.1, 0.15) is 17.4 Å². The van der Waals surface area contributed by atoms with Crippen molar-refractivity contribution < 1.29 is 9.47 Å². The van der Waals surface area contributed by atoms with Gasteiger partial charge in [-0.3, -0.25) is 9.20 Å². The zero-order valence-corrected chi connectivity index (χ0v) is 17.8. The molecule has 6 nitrogen and oxygen atoms in total. The fourth-order valence-corrected chi connectivity index (χ4v) is 3.87. The second-order valence-electron chi connectivity index (χ2n) is 6.75. The molecule has 1 aromatic carbocycles. The summed E-state index contributed by atoms with van der Waals surface area (Å²) in [6, 6.07) is 17.1. The van der Waals surface area contributed by atoms with Crippen LogP contribution in [-0.4, -0.2) is 23.0 Å². The van der Waals surface area contributed by atoms with E-state index in [0.29, 0.717) is 42.7 Å². The third kappa shape index (κ3) is 4.31. The van der Waals surface area contributed by atoms with Crippen LogP contribution < -0.4 is 19.9 Å². The first-order chi connectivity index (χ1) is 14.7. The largest absolute Gasteiger partial charge is 0.493 e. The molecule has 0 fully saturated rings. The predicted molar refractivity (Wildman–Crippen MR) is 120 cm³/mol. The quantitative estimate of drug-likeness (QED) is 0.423. The lowest BCUT2D eigenvalue weighted by Gasteiger charge is -2.23. The highest BCUT2D eigenvalue weighted by Gasteiger charge is 2.12. The van der Waals surface area contributed by atoms with E-state index in [1.54, 1.807) is 35.1 Å². The highest BCUT2D eigenvalue weighted by Crippen LogP contribution is 2.30. The van der Waals surface area contributed by atoms with E-state index in [0.717, 1.165) is 10.4 Å². The van der Waals surface area contributed by atoms with Gasteiger partial charge in [-0.1, -0.05) is 18.2 Å². The van der Waals surface area contributed by atoms with Crippen molar-refractivity contribution in [3.8, 4) is 11.5 Å². The number of rotatable bonds is 8. The minimum absolute atomic E-state index is 0.0936. The molecule has 0 saturated heterocycles. The number of hydrogen-bond acceptors (Lipinski definition) is 6. The number of hydrogen-bond donors (Lipinski definition) is 0. The summed E-state index contributed by atoms with van der Waals surface area (Å²) in [5, 5.41) is 2.03. The van der Waals surface area contributed by atoms with Crippen molar-refractivity contribution in [3.63, 3.8) is 0 Å². The summed E-state index contributed by atoms with van der Waals surface area (Å²) in [7, 11) is 1.64. The molecule has 0 amide bonds. The summed E-state index contributed by atoms with van der Waals surface area (Å²) >= 11 is 1.66. The van der Waals surface area contributed by atoms with Crippen LogP contribution in [0.2, 0.25) is 0 Å². The molecule has 4 aromatic rings. The topological polar surface area (TPSA) is 56.1 Å². The second-order valence-corrected chi connectivity index (χ2v) is 7.78. The fourth-order valence-electron chi connectivity index (χ4n) is 3.25. The Kier molecular flexibility index (Phi) is 5.99. The summed E-state index contributed by atoms with van der Waals surface area (Å²) in [6.45, 7) is 3.88. The van der Waals surface area contributed by atoms with Gasteiger partial charge in [0.2, 0.25) is 0 Å². The van der Waals surface area contributed by atoms with Gasteiger partial charge in [0.1, 0.15) is 18.1 Å². The number of anilines is 1. The third-order valence-electron chi connectivity index (χ3n) is 4.81. The van der Waals surface area contributed by atoms with Crippen LogP contribution in [-0.2, 0) is 13.2 Å². The van der Waals surface area contributed by atoms with Crippen LogP contribution in [0.3, 0.4) is 0 Å².